The molecular weight excluding hydrogens is 679 g/mol. The number of carbonyl (C=O) groups is 2. The van der Waals surface area contributed by atoms with Crippen molar-refractivity contribution in [3.63, 3.8) is 0 Å². The molecule has 12 nitrogen and oxygen atoms in total. The first-order valence-electron chi connectivity index (χ1n) is 16.2. The van der Waals surface area contributed by atoms with E-state index in [0.29, 0.717) is 41.9 Å². The highest BCUT2D eigenvalue weighted by Gasteiger charge is 2.30. The summed E-state index contributed by atoms with van der Waals surface area (Å²) in [5.74, 6) is 5.18. The third kappa shape index (κ3) is 10.8. The lowest BCUT2D eigenvalue weighted by Crippen LogP contribution is -2.44. The zero-order chi connectivity index (χ0) is 36.5. The summed E-state index contributed by atoms with van der Waals surface area (Å²) < 4.78 is 81.6. The summed E-state index contributed by atoms with van der Waals surface area (Å²) >= 11 is 0. The van der Waals surface area contributed by atoms with Crippen LogP contribution in [0.1, 0.15) is 45.2 Å². The van der Waals surface area contributed by atoms with E-state index in [9.17, 15) is 31.2 Å². The Bertz CT molecular complexity index is 1830. The van der Waals surface area contributed by atoms with Gasteiger partial charge in [-0.1, -0.05) is 25.8 Å². The van der Waals surface area contributed by atoms with Gasteiger partial charge in [0.2, 0.25) is 10.0 Å². The maximum Gasteiger partial charge on any atom is 0.406 e. The third-order valence-corrected chi connectivity index (χ3v) is 8.99. The lowest BCUT2D eigenvalue weighted by molar-refractivity contribution is -0.160. The number of aromatic nitrogens is 1. The van der Waals surface area contributed by atoms with Gasteiger partial charge >= 0.3 is 18.1 Å². The first kappa shape index (κ1) is 38.3. The number of methoxy groups -OCH3 is 1. The Morgan fingerprint density at radius 3 is 2.42 bits per heavy atom. The van der Waals surface area contributed by atoms with Gasteiger partial charge in [0.05, 0.1) is 35.4 Å². The predicted molar refractivity (Wildman–Crippen MR) is 182 cm³/mol. The number of piperidine rings is 1. The van der Waals surface area contributed by atoms with Crippen LogP contribution in [0.15, 0.2) is 47.4 Å². The first-order valence-corrected chi connectivity index (χ1v) is 17.7. The minimum Gasteiger partial charge on any atom is -0.495 e. The molecule has 2 heterocycles. The summed E-state index contributed by atoms with van der Waals surface area (Å²) in [5, 5.41) is 12.3. The van der Waals surface area contributed by atoms with Crippen molar-refractivity contribution in [3.8, 4) is 17.6 Å². The van der Waals surface area contributed by atoms with Gasteiger partial charge in [-0.05, 0) is 49.1 Å². The van der Waals surface area contributed by atoms with Crippen molar-refractivity contribution in [2.75, 3.05) is 50.5 Å². The van der Waals surface area contributed by atoms with Crippen molar-refractivity contribution in [3.05, 3.63) is 48.2 Å². The van der Waals surface area contributed by atoms with Crippen LogP contribution in [0.5, 0.6) is 5.75 Å². The van der Waals surface area contributed by atoms with E-state index in [2.05, 4.69) is 27.4 Å². The van der Waals surface area contributed by atoms with Gasteiger partial charge in [-0.15, -0.1) is 0 Å². The number of esters is 2. The normalized spacial score (nSPS) is 14.8. The average molecular weight is 722 g/mol. The minimum atomic E-state index is -4.49. The number of primary sulfonamides is 1. The highest BCUT2D eigenvalue weighted by molar-refractivity contribution is 7.89. The van der Waals surface area contributed by atoms with Crippen LogP contribution in [0.25, 0.3) is 10.9 Å². The quantitative estimate of drug-likeness (QED) is 0.161. The Kier molecular flexibility index (Phi) is 13.0. The number of halogens is 3. The smallest absolute Gasteiger partial charge is 0.406 e. The molecule has 0 bridgehead atoms. The number of carbonyl (C=O) groups excluding carboxylic acids is 2. The molecule has 1 saturated heterocycles. The fourth-order valence-electron chi connectivity index (χ4n) is 5.58. The van der Waals surface area contributed by atoms with Gasteiger partial charge in [0.25, 0.3) is 0 Å². The van der Waals surface area contributed by atoms with E-state index in [1.165, 1.54) is 25.3 Å². The van der Waals surface area contributed by atoms with Gasteiger partial charge in [-0.25, -0.2) is 13.6 Å². The molecule has 1 unspecified atom stereocenters. The molecule has 1 aliphatic heterocycles. The minimum absolute atomic E-state index is 0.0166. The number of nitrogens with one attached hydrogen (secondary N) is 2. The van der Waals surface area contributed by atoms with E-state index in [-0.39, 0.29) is 60.3 Å². The number of rotatable bonds is 14. The highest BCUT2D eigenvalue weighted by Crippen LogP contribution is 2.32. The molecule has 0 radical (unpaired) electrons. The number of sulfonamides is 1. The Balaban J connectivity index is 1.46. The topological polar surface area (TPSA) is 154 Å². The molecule has 1 aromatic heterocycles. The van der Waals surface area contributed by atoms with Crippen LogP contribution in [0.2, 0.25) is 0 Å². The third-order valence-electron chi connectivity index (χ3n) is 8.08. The molecule has 0 saturated carbocycles. The second-order valence-electron chi connectivity index (χ2n) is 11.8. The molecule has 272 valence electrons. The molecule has 2 aromatic carbocycles. The Labute approximate surface area is 289 Å². The summed E-state index contributed by atoms with van der Waals surface area (Å²) in [7, 11) is -2.58. The van der Waals surface area contributed by atoms with Crippen LogP contribution < -0.4 is 20.5 Å². The van der Waals surface area contributed by atoms with Gasteiger partial charge in [-0.2, -0.15) is 13.2 Å². The van der Waals surface area contributed by atoms with Gasteiger partial charge in [0.1, 0.15) is 25.0 Å². The number of anilines is 2. The lowest BCUT2D eigenvalue weighted by Gasteiger charge is -2.34. The van der Waals surface area contributed by atoms with Crippen LogP contribution >= 0.6 is 0 Å². The lowest BCUT2D eigenvalue weighted by atomic mass is 10.0. The number of fused-ring (bicyclic) bond motifs is 1. The molecule has 1 atom stereocenters. The number of hydrogen-bond donors (Lipinski definition) is 3. The van der Waals surface area contributed by atoms with Crippen LogP contribution in [-0.2, 0) is 35.6 Å². The number of likely N-dealkylation sites (tertiary alicyclic amines) is 1. The number of benzene rings is 2. The van der Waals surface area contributed by atoms with Crippen molar-refractivity contribution < 1.29 is 45.4 Å². The molecule has 4 N–H and O–H groups in total. The molecular formula is C34H42F3N5O7S. The van der Waals surface area contributed by atoms with Gasteiger partial charge in [0, 0.05) is 55.7 Å². The van der Waals surface area contributed by atoms with Crippen LogP contribution in [0, 0.1) is 11.8 Å². The monoisotopic (exact) mass is 721 g/mol. The second-order valence-corrected chi connectivity index (χ2v) is 13.3. The van der Waals surface area contributed by atoms with Crippen molar-refractivity contribution in [1.29, 1.82) is 0 Å². The van der Waals surface area contributed by atoms with E-state index in [1.807, 2.05) is 6.07 Å². The Hall–Kier alpha value is -4.46. The molecule has 1 fully saturated rings. The Morgan fingerprint density at radius 1 is 1.06 bits per heavy atom. The summed E-state index contributed by atoms with van der Waals surface area (Å²) in [6.07, 6.45) is -3.20. The maximum atomic E-state index is 13.7. The summed E-state index contributed by atoms with van der Waals surface area (Å²) in [4.78, 5) is 25.6. The van der Waals surface area contributed by atoms with E-state index < -0.39 is 28.8 Å². The van der Waals surface area contributed by atoms with Gasteiger partial charge in [-0.3, -0.25) is 14.5 Å². The first-order chi connectivity index (χ1) is 23.7. The summed E-state index contributed by atoms with van der Waals surface area (Å²) in [5.41, 5.74) is 1.67. The van der Waals surface area contributed by atoms with Gasteiger partial charge < -0.3 is 29.4 Å². The zero-order valence-corrected chi connectivity index (χ0v) is 29.0. The second kappa shape index (κ2) is 17.0. The summed E-state index contributed by atoms with van der Waals surface area (Å²) in [6.45, 7) is 3.92. The molecule has 3 aromatic rings. The fourth-order valence-corrected chi connectivity index (χ4v) is 6.11. The van der Waals surface area contributed by atoms with E-state index >= 15 is 0 Å². The number of hydrogen-bond acceptors (Lipinski definition) is 10. The summed E-state index contributed by atoms with van der Waals surface area (Å²) in [6, 6.07) is 10.9. The van der Waals surface area contributed by atoms with Crippen LogP contribution in [-0.4, -0.2) is 88.0 Å². The van der Waals surface area contributed by atoms with E-state index in [0.717, 1.165) is 17.4 Å². The maximum absolute atomic E-state index is 13.7. The number of ether oxygens (including phenoxy) is 3. The fraction of sp³-hybridized carbons (Fsp3) is 0.471. The molecule has 4 rings (SSSR count). The molecule has 50 heavy (non-hydrogen) atoms. The number of nitrogens with zero attached hydrogens (tertiary/aromatic N) is 2. The molecule has 0 aliphatic carbocycles. The average Bonchev–Trinajstić information content (AvgIpc) is 3.42. The Morgan fingerprint density at radius 2 is 1.78 bits per heavy atom. The number of nitrogens with two attached hydrogens (primary N) is 1. The number of alkyl halides is 3. The largest absolute Gasteiger partial charge is 0.495 e. The van der Waals surface area contributed by atoms with E-state index in [4.69, 9.17) is 19.3 Å². The molecule has 0 spiro atoms. The van der Waals surface area contributed by atoms with Crippen LogP contribution in [0.4, 0.5) is 24.5 Å². The molecule has 16 heteroatoms. The predicted octanol–water partition coefficient (Wildman–Crippen LogP) is 4.47. The van der Waals surface area contributed by atoms with Gasteiger partial charge in [0.15, 0.2) is 0 Å². The van der Waals surface area contributed by atoms with Crippen LogP contribution in [0.3, 0.4) is 0 Å². The van der Waals surface area contributed by atoms with Crippen molar-refractivity contribution in [2.45, 2.75) is 69.3 Å². The van der Waals surface area contributed by atoms with Crippen molar-refractivity contribution in [2.24, 2.45) is 5.14 Å². The highest BCUT2D eigenvalue weighted by atomic mass is 32.2. The van der Waals surface area contributed by atoms with E-state index in [1.54, 1.807) is 32.0 Å². The molecule has 0 amide bonds. The zero-order valence-electron chi connectivity index (χ0n) is 28.1. The SMILES string of the molecule is CCC(=O)OCC(CN1CCC(Nc2cccc3c2cc(C#CCNc2ccc(S(N)(=O)=O)cc2OC)n3CC(F)(F)F)CC1)OC(=O)CC. The molecule has 1 aliphatic rings. The standard InChI is InChI=1S/C34H42F3N5O7S/c1-4-32(43)48-21-25(49-33(44)5-2)20-41-16-13-23(14-17-41)40-28-9-6-10-30-27(28)18-24(42(30)22-34(35,36)37)8-7-15-39-29-12-11-26(50(38,45)46)19-31(29)47-3/h6,9-12,18-19,23,25,39-40H,4-5,13-17,20-22H2,1-3H3,(H2,38,45,46). The van der Waals surface area contributed by atoms with Crippen molar-refractivity contribution in [1.82, 2.24) is 9.47 Å². The van der Waals surface area contributed by atoms with Crippen molar-refractivity contribution >= 4 is 44.2 Å².